The van der Waals surface area contributed by atoms with Gasteiger partial charge < -0.3 is 14.2 Å². The number of rotatable bonds is 8. The number of benzene rings is 2. The Morgan fingerprint density at radius 1 is 1.03 bits per heavy atom. The van der Waals surface area contributed by atoms with Crippen molar-refractivity contribution < 1.29 is 19.0 Å². The molecule has 4 nitrogen and oxygen atoms in total. The molecule has 2 aromatic rings. The summed E-state index contributed by atoms with van der Waals surface area (Å²) in [5.41, 5.74) is 3.22. The van der Waals surface area contributed by atoms with E-state index in [4.69, 9.17) is 14.2 Å². The molecule has 0 saturated heterocycles. The van der Waals surface area contributed by atoms with E-state index in [0.717, 1.165) is 33.8 Å². The Morgan fingerprint density at radius 2 is 1.76 bits per heavy atom. The Kier molecular flexibility index (Phi) is 7.26. The number of methoxy groups -OCH3 is 3. The molecular formula is C24H28O4S. The highest BCUT2D eigenvalue weighted by Gasteiger charge is 2.31. The van der Waals surface area contributed by atoms with Crippen molar-refractivity contribution in [3.05, 3.63) is 53.6 Å². The Morgan fingerprint density at radius 3 is 2.38 bits per heavy atom. The minimum absolute atomic E-state index is 0.176. The molecule has 0 aromatic heterocycles. The van der Waals surface area contributed by atoms with E-state index in [1.807, 2.05) is 24.3 Å². The lowest BCUT2D eigenvalue weighted by Gasteiger charge is -2.27. The van der Waals surface area contributed by atoms with Crippen LogP contribution in [0.2, 0.25) is 0 Å². The zero-order valence-electron chi connectivity index (χ0n) is 17.5. The fourth-order valence-electron chi connectivity index (χ4n) is 3.86. The number of ether oxygens (including phenoxy) is 3. The number of carbonyl (C=O) groups excluding carboxylic acids is 1. The van der Waals surface area contributed by atoms with Crippen LogP contribution in [0.5, 0.6) is 17.2 Å². The predicted octanol–water partition coefficient (Wildman–Crippen LogP) is 5.43. The lowest BCUT2D eigenvalue weighted by atomic mass is 9.79. The predicted molar refractivity (Wildman–Crippen MR) is 118 cm³/mol. The van der Waals surface area contributed by atoms with Gasteiger partial charge in [0.05, 0.1) is 26.2 Å². The van der Waals surface area contributed by atoms with Crippen LogP contribution in [0.25, 0.3) is 5.57 Å². The van der Waals surface area contributed by atoms with E-state index in [0.29, 0.717) is 30.1 Å². The van der Waals surface area contributed by atoms with Crippen molar-refractivity contribution in [1.82, 2.24) is 0 Å². The summed E-state index contributed by atoms with van der Waals surface area (Å²) in [6.07, 6.45) is 4.24. The van der Waals surface area contributed by atoms with Crippen LogP contribution in [0, 0.1) is 5.92 Å². The number of hydrogen-bond donors (Lipinski definition) is 0. The van der Waals surface area contributed by atoms with Gasteiger partial charge in [0.2, 0.25) is 5.75 Å². The van der Waals surface area contributed by atoms with Gasteiger partial charge in [-0.3, -0.25) is 4.79 Å². The minimum atomic E-state index is -0.176. The van der Waals surface area contributed by atoms with Crippen LogP contribution < -0.4 is 14.2 Å². The van der Waals surface area contributed by atoms with Crippen LogP contribution in [-0.4, -0.2) is 32.9 Å². The topological polar surface area (TPSA) is 44.8 Å². The molecule has 0 saturated carbocycles. The third kappa shape index (κ3) is 4.45. The van der Waals surface area contributed by atoms with Crippen molar-refractivity contribution in [1.29, 1.82) is 0 Å². The summed E-state index contributed by atoms with van der Waals surface area (Å²) in [6.45, 7) is 2.10. The average molecular weight is 413 g/mol. The van der Waals surface area contributed by atoms with Gasteiger partial charge in [-0.05, 0) is 41.4 Å². The first-order valence-corrected chi connectivity index (χ1v) is 10.9. The van der Waals surface area contributed by atoms with Gasteiger partial charge in [-0.25, -0.2) is 0 Å². The Hall–Kier alpha value is -2.40. The van der Waals surface area contributed by atoms with Gasteiger partial charge in [-0.1, -0.05) is 43.3 Å². The molecular weight excluding hydrogens is 384 g/mol. The molecule has 0 radical (unpaired) electrons. The molecule has 0 spiro atoms. The minimum Gasteiger partial charge on any atom is -0.493 e. The van der Waals surface area contributed by atoms with Crippen molar-refractivity contribution in [3.8, 4) is 17.2 Å². The molecule has 154 valence electrons. The van der Waals surface area contributed by atoms with Crippen molar-refractivity contribution in [2.75, 3.05) is 27.1 Å². The Bertz CT molecular complexity index is 889. The lowest BCUT2D eigenvalue weighted by Crippen LogP contribution is -2.22. The molecule has 0 fully saturated rings. The molecule has 1 unspecified atom stereocenters. The van der Waals surface area contributed by atoms with Crippen molar-refractivity contribution in [2.45, 2.75) is 31.1 Å². The Labute approximate surface area is 177 Å². The second-order valence-electron chi connectivity index (χ2n) is 6.86. The summed E-state index contributed by atoms with van der Waals surface area (Å²) in [6, 6.07) is 12.2. The number of Topliss-reactive ketones (excluding diaryl/α,β-unsaturated/α-hetero) is 1. The third-order valence-electron chi connectivity index (χ3n) is 5.19. The summed E-state index contributed by atoms with van der Waals surface area (Å²) in [4.78, 5) is 13.9. The van der Waals surface area contributed by atoms with Gasteiger partial charge in [-0.2, -0.15) is 0 Å². The van der Waals surface area contributed by atoms with E-state index >= 15 is 0 Å². The summed E-state index contributed by atoms with van der Waals surface area (Å²) in [7, 11) is 4.88. The molecule has 5 heteroatoms. The Balaban J connectivity index is 2.15. The van der Waals surface area contributed by atoms with E-state index in [2.05, 4.69) is 25.1 Å². The fraction of sp³-hybridized carbons (Fsp3) is 0.375. The highest BCUT2D eigenvalue weighted by atomic mass is 32.2. The quantitative estimate of drug-likeness (QED) is 0.541. The molecule has 0 heterocycles. The maximum Gasteiger partial charge on any atom is 0.204 e. The van der Waals surface area contributed by atoms with Crippen LogP contribution >= 0.6 is 11.8 Å². The molecule has 1 aliphatic rings. The van der Waals surface area contributed by atoms with Gasteiger partial charge in [0.15, 0.2) is 11.5 Å². The smallest absolute Gasteiger partial charge is 0.204 e. The fourth-order valence-corrected chi connectivity index (χ4v) is 4.79. The summed E-state index contributed by atoms with van der Waals surface area (Å²) in [5.74, 6) is 2.83. The van der Waals surface area contributed by atoms with Gasteiger partial charge in [0.1, 0.15) is 5.78 Å². The zero-order chi connectivity index (χ0) is 20.8. The van der Waals surface area contributed by atoms with E-state index in [1.165, 1.54) is 0 Å². The maximum atomic E-state index is 12.9. The highest BCUT2D eigenvalue weighted by molar-refractivity contribution is 7.99. The average Bonchev–Trinajstić information content (AvgIpc) is 2.75. The van der Waals surface area contributed by atoms with Crippen LogP contribution in [0.1, 0.15) is 30.9 Å². The van der Waals surface area contributed by atoms with Crippen molar-refractivity contribution in [2.24, 2.45) is 5.92 Å². The number of allylic oxidation sites excluding steroid dienone is 2. The lowest BCUT2D eigenvalue weighted by molar-refractivity contribution is -0.121. The van der Waals surface area contributed by atoms with Gasteiger partial charge >= 0.3 is 0 Å². The molecule has 0 N–H and O–H groups in total. The molecule has 2 aromatic carbocycles. The standard InChI is InChI=1S/C24H28O4S/c1-5-29-24-19(15-21(26-2)22(27-3)23(24)28-4)17-12-9-13-20(25)18(17)14-16-10-7-6-8-11-16/h6-8,10-12,15,18H,5,9,13-14H2,1-4H3. The maximum absolute atomic E-state index is 12.9. The zero-order valence-corrected chi connectivity index (χ0v) is 18.3. The second-order valence-corrected chi connectivity index (χ2v) is 8.14. The van der Waals surface area contributed by atoms with Crippen LogP contribution in [0.15, 0.2) is 47.4 Å². The number of ketones is 1. The molecule has 0 aliphatic heterocycles. The normalized spacial score (nSPS) is 16.3. The van der Waals surface area contributed by atoms with E-state index in [1.54, 1.807) is 33.1 Å². The van der Waals surface area contributed by atoms with Crippen molar-refractivity contribution in [3.63, 3.8) is 0 Å². The van der Waals surface area contributed by atoms with Gasteiger partial charge in [-0.15, -0.1) is 11.8 Å². The summed E-state index contributed by atoms with van der Waals surface area (Å²) >= 11 is 1.69. The number of thioether (sulfide) groups is 1. The first-order valence-electron chi connectivity index (χ1n) is 9.87. The van der Waals surface area contributed by atoms with E-state index < -0.39 is 0 Å². The largest absolute Gasteiger partial charge is 0.493 e. The van der Waals surface area contributed by atoms with Gasteiger partial charge in [0, 0.05) is 12.3 Å². The first kappa shape index (κ1) is 21.3. The second kappa shape index (κ2) is 9.88. The van der Waals surface area contributed by atoms with Crippen molar-refractivity contribution >= 4 is 23.1 Å². The van der Waals surface area contributed by atoms with Crippen LogP contribution in [0.4, 0.5) is 0 Å². The molecule has 29 heavy (non-hydrogen) atoms. The van der Waals surface area contributed by atoms with Gasteiger partial charge in [0.25, 0.3) is 0 Å². The molecule has 1 aliphatic carbocycles. The van der Waals surface area contributed by atoms with Crippen LogP contribution in [-0.2, 0) is 11.2 Å². The molecule has 3 rings (SSSR count). The molecule has 0 amide bonds. The summed E-state index contributed by atoms with van der Waals surface area (Å²) in [5, 5.41) is 0. The first-order chi connectivity index (χ1) is 14.1. The van der Waals surface area contributed by atoms with E-state index in [-0.39, 0.29) is 11.7 Å². The van der Waals surface area contributed by atoms with Crippen LogP contribution in [0.3, 0.4) is 0 Å². The SMILES string of the molecule is CCSc1c(C2=CCCC(=O)C2Cc2ccccc2)cc(OC)c(OC)c1OC. The number of carbonyl (C=O) groups is 1. The monoisotopic (exact) mass is 412 g/mol. The highest BCUT2D eigenvalue weighted by Crippen LogP contribution is 2.50. The third-order valence-corrected chi connectivity index (χ3v) is 6.17. The number of hydrogen-bond acceptors (Lipinski definition) is 5. The summed E-state index contributed by atoms with van der Waals surface area (Å²) < 4.78 is 16.9. The molecule has 0 bridgehead atoms. The molecule has 1 atom stereocenters. The van der Waals surface area contributed by atoms with E-state index in [9.17, 15) is 4.79 Å².